The van der Waals surface area contributed by atoms with Gasteiger partial charge in [0.25, 0.3) is 0 Å². The fourth-order valence-corrected chi connectivity index (χ4v) is 3.22. The third-order valence-electron chi connectivity index (χ3n) is 5.11. The summed E-state index contributed by atoms with van der Waals surface area (Å²) in [5.41, 5.74) is 7.31. The summed E-state index contributed by atoms with van der Waals surface area (Å²) in [7, 11) is 0. The van der Waals surface area contributed by atoms with Gasteiger partial charge < -0.3 is 31.2 Å². The zero-order valence-electron chi connectivity index (χ0n) is 22.6. The molecule has 0 aliphatic carbocycles. The van der Waals surface area contributed by atoms with E-state index in [1.54, 1.807) is 51.2 Å². The molecule has 0 aliphatic rings. The quantitative estimate of drug-likeness (QED) is 0.0982. The molecule has 14 heteroatoms. The Morgan fingerprint density at radius 1 is 1.13 bits per heavy atom. The normalized spacial score (nSPS) is 11.2. The number of hydrogen-bond acceptors (Lipinski definition) is 10. The van der Waals surface area contributed by atoms with Crippen LogP contribution < -0.4 is 27.1 Å². The van der Waals surface area contributed by atoms with Crippen molar-refractivity contribution in [2.75, 3.05) is 35.7 Å². The number of hydrazine groups is 1. The van der Waals surface area contributed by atoms with Crippen LogP contribution in [0.1, 0.15) is 41.0 Å². The fourth-order valence-electron chi connectivity index (χ4n) is 2.89. The number of primary amides is 1. The van der Waals surface area contributed by atoms with E-state index >= 15 is 0 Å². The van der Waals surface area contributed by atoms with Crippen molar-refractivity contribution in [3.05, 3.63) is 34.9 Å². The molecular formula is C25H35BrN8O5. The molecule has 6 N–H and O–H groups in total. The van der Waals surface area contributed by atoms with E-state index in [0.717, 1.165) is 5.01 Å². The maximum atomic E-state index is 12.4. The average molecular weight is 608 g/mol. The lowest BCUT2D eigenvalue weighted by Gasteiger charge is -2.27. The van der Waals surface area contributed by atoms with Gasteiger partial charge in [-0.15, -0.1) is 0 Å². The molecule has 2 rings (SSSR count). The summed E-state index contributed by atoms with van der Waals surface area (Å²) >= 11 is 3.41. The largest absolute Gasteiger partial charge is 0.442 e. The van der Waals surface area contributed by atoms with Gasteiger partial charge in [0.05, 0.1) is 10.2 Å². The highest BCUT2D eigenvalue weighted by molar-refractivity contribution is 9.10. The number of nitrogens with two attached hydrogens (primary N) is 1. The molecule has 1 heterocycles. The SMILES string of the molecule is CC(C)(C)OC(=O)N(CC=O)Nc1cccc(Nc2ncc(Br)c(NCCCNC(=O)C(C)(C)C(N)=O)n2)c1. The number of anilines is 4. The topological polar surface area (TPSA) is 181 Å². The van der Waals surface area contributed by atoms with Crippen LogP contribution in [0.15, 0.2) is 34.9 Å². The van der Waals surface area contributed by atoms with Gasteiger partial charge in [-0.1, -0.05) is 6.07 Å². The Morgan fingerprint density at radius 3 is 2.46 bits per heavy atom. The smallest absolute Gasteiger partial charge is 0.429 e. The highest BCUT2D eigenvalue weighted by Gasteiger charge is 2.33. The van der Waals surface area contributed by atoms with Crippen molar-refractivity contribution < 1.29 is 23.9 Å². The molecule has 212 valence electrons. The minimum atomic E-state index is -1.28. The summed E-state index contributed by atoms with van der Waals surface area (Å²) in [6.45, 7) is 8.79. The number of nitrogens with zero attached hydrogens (tertiary/aromatic N) is 3. The van der Waals surface area contributed by atoms with E-state index < -0.39 is 28.9 Å². The van der Waals surface area contributed by atoms with E-state index in [9.17, 15) is 19.2 Å². The van der Waals surface area contributed by atoms with Gasteiger partial charge in [-0.25, -0.2) is 14.8 Å². The highest BCUT2D eigenvalue weighted by atomic mass is 79.9. The Kier molecular flexibility index (Phi) is 11.0. The molecule has 39 heavy (non-hydrogen) atoms. The van der Waals surface area contributed by atoms with E-state index in [4.69, 9.17) is 10.5 Å². The molecule has 0 atom stereocenters. The molecular weight excluding hydrogens is 572 g/mol. The van der Waals surface area contributed by atoms with Crippen LogP contribution in [0.2, 0.25) is 0 Å². The molecule has 0 saturated heterocycles. The lowest BCUT2D eigenvalue weighted by molar-refractivity contribution is -0.139. The number of carbonyl (C=O) groups excluding carboxylic acids is 4. The third-order valence-corrected chi connectivity index (χ3v) is 5.69. The Hall–Kier alpha value is -3.94. The first-order valence-corrected chi connectivity index (χ1v) is 12.9. The van der Waals surface area contributed by atoms with Gasteiger partial charge in [-0.05, 0) is 75.2 Å². The zero-order valence-corrected chi connectivity index (χ0v) is 24.2. The number of nitrogens with one attached hydrogen (secondary N) is 4. The number of amides is 3. The number of aldehydes is 1. The predicted octanol–water partition coefficient (Wildman–Crippen LogP) is 3.18. The first-order valence-electron chi connectivity index (χ1n) is 12.2. The number of rotatable bonds is 13. The Morgan fingerprint density at radius 2 is 1.82 bits per heavy atom. The molecule has 1 aromatic carbocycles. The van der Waals surface area contributed by atoms with Gasteiger partial charge in [0.15, 0.2) is 0 Å². The van der Waals surface area contributed by atoms with Gasteiger partial charge in [0.2, 0.25) is 17.8 Å². The Bertz CT molecular complexity index is 1190. The number of carbonyl (C=O) groups is 4. The van der Waals surface area contributed by atoms with E-state index in [0.29, 0.717) is 53.4 Å². The van der Waals surface area contributed by atoms with Crippen molar-refractivity contribution in [2.24, 2.45) is 11.1 Å². The number of hydrogen-bond donors (Lipinski definition) is 5. The molecule has 0 radical (unpaired) electrons. The highest BCUT2D eigenvalue weighted by Crippen LogP contribution is 2.24. The van der Waals surface area contributed by atoms with Crippen LogP contribution in [0, 0.1) is 5.41 Å². The average Bonchev–Trinajstić information content (AvgIpc) is 2.84. The minimum Gasteiger partial charge on any atom is -0.442 e. The van der Waals surface area contributed by atoms with Crippen molar-refractivity contribution in [1.82, 2.24) is 20.3 Å². The maximum Gasteiger partial charge on any atom is 0.429 e. The molecule has 13 nitrogen and oxygen atoms in total. The monoisotopic (exact) mass is 606 g/mol. The Balaban J connectivity index is 1.98. The van der Waals surface area contributed by atoms with Crippen molar-refractivity contribution in [3.63, 3.8) is 0 Å². The van der Waals surface area contributed by atoms with Gasteiger partial charge in [0.1, 0.15) is 29.7 Å². The van der Waals surface area contributed by atoms with E-state index in [-0.39, 0.29) is 6.54 Å². The van der Waals surface area contributed by atoms with Gasteiger partial charge in [-0.2, -0.15) is 4.98 Å². The van der Waals surface area contributed by atoms with Gasteiger partial charge in [-0.3, -0.25) is 15.0 Å². The molecule has 0 unspecified atom stereocenters. The summed E-state index contributed by atoms with van der Waals surface area (Å²) in [6, 6.07) is 6.99. The second-order valence-electron chi connectivity index (χ2n) is 9.99. The Labute approximate surface area is 235 Å². The maximum absolute atomic E-state index is 12.4. The summed E-state index contributed by atoms with van der Waals surface area (Å²) in [4.78, 5) is 55.7. The summed E-state index contributed by atoms with van der Waals surface area (Å²) < 4.78 is 5.98. The molecule has 0 fully saturated rings. The first-order chi connectivity index (χ1) is 18.2. The van der Waals surface area contributed by atoms with Crippen LogP contribution in [0.25, 0.3) is 0 Å². The third kappa shape index (κ3) is 10.0. The van der Waals surface area contributed by atoms with Crippen LogP contribution in [-0.2, 0) is 19.1 Å². The second-order valence-corrected chi connectivity index (χ2v) is 10.8. The minimum absolute atomic E-state index is 0.204. The van der Waals surface area contributed by atoms with Crippen LogP contribution >= 0.6 is 15.9 Å². The number of halogens is 1. The zero-order chi connectivity index (χ0) is 29.2. The van der Waals surface area contributed by atoms with Crippen molar-refractivity contribution in [1.29, 1.82) is 0 Å². The molecule has 2 aromatic rings. The fraction of sp³-hybridized carbons (Fsp3) is 0.440. The van der Waals surface area contributed by atoms with Gasteiger partial charge >= 0.3 is 6.09 Å². The van der Waals surface area contributed by atoms with Crippen LogP contribution in [0.5, 0.6) is 0 Å². The van der Waals surface area contributed by atoms with Crippen molar-refractivity contribution in [3.8, 4) is 0 Å². The number of ether oxygens (including phenoxy) is 1. The summed E-state index contributed by atoms with van der Waals surface area (Å²) in [5, 5.41) is 10.0. The number of benzene rings is 1. The summed E-state index contributed by atoms with van der Waals surface area (Å²) in [6.07, 6.45) is 2.07. The van der Waals surface area contributed by atoms with Crippen LogP contribution in [-0.4, -0.2) is 64.4 Å². The van der Waals surface area contributed by atoms with E-state index in [1.165, 1.54) is 13.8 Å². The molecule has 3 amide bonds. The molecule has 0 spiro atoms. The lowest BCUT2D eigenvalue weighted by Crippen LogP contribution is -2.46. The van der Waals surface area contributed by atoms with E-state index in [1.807, 2.05) is 0 Å². The van der Waals surface area contributed by atoms with Crippen molar-refractivity contribution in [2.45, 2.75) is 46.6 Å². The molecule has 0 saturated carbocycles. The molecule has 0 aliphatic heterocycles. The van der Waals surface area contributed by atoms with Gasteiger partial charge in [0, 0.05) is 25.0 Å². The predicted molar refractivity (Wildman–Crippen MR) is 151 cm³/mol. The number of aromatic nitrogens is 2. The standard InChI is InChI=1S/C25H35BrN8O5/c1-24(2,3)39-23(38)34(12-13-35)33-17-9-6-8-16(14-17)31-22-30-15-18(26)19(32-22)28-10-7-11-29-21(37)25(4,5)20(27)36/h6,8-9,13-15,33H,7,10-12H2,1-5H3,(H2,27,36)(H,29,37)(H2,28,30,31,32). The molecule has 0 bridgehead atoms. The first kappa shape index (κ1) is 31.3. The summed E-state index contributed by atoms with van der Waals surface area (Å²) in [5.74, 6) is -0.272. The van der Waals surface area contributed by atoms with Crippen molar-refractivity contribution >= 4 is 63.3 Å². The van der Waals surface area contributed by atoms with Crippen LogP contribution in [0.3, 0.4) is 0 Å². The second kappa shape index (κ2) is 13.7. The van der Waals surface area contributed by atoms with Crippen LogP contribution in [0.4, 0.5) is 27.9 Å². The lowest BCUT2D eigenvalue weighted by atomic mass is 9.91. The molecule has 1 aromatic heterocycles. The van der Waals surface area contributed by atoms with E-state index in [2.05, 4.69) is 47.3 Å².